The first-order chi connectivity index (χ1) is 14.5. The third-order valence-electron chi connectivity index (χ3n) is 4.64. The second kappa shape index (κ2) is 8.29. The second-order valence-corrected chi connectivity index (χ2v) is 9.50. The third-order valence-corrected chi connectivity index (χ3v) is 7.41. The minimum Gasteiger partial charge on any atom is -0.350 e. The van der Waals surface area contributed by atoms with Gasteiger partial charge in [-0.3, -0.25) is 9.52 Å². The maximum absolute atomic E-state index is 12.7. The molecule has 0 fully saturated rings. The van der Waals surface area contributed by atoms with Crippen LogP contribution in [0, 0.1) is 6.92 Å². The van der Waals surface area contributed by atoms with E-state index in [0.29, 0.717) is 13.1 Å². The molecule has 9 heteroatoms. The number of para-hydroxylation sites is 3. The number of carbonyl (C=O) groups excluding carboxylic acids is 1. The lowest BCUT2D eigenvalue weighted by molar-refractivity contribution is 0.0953. The molecule has 2 aromatic carbocycles. The molecular formula is C21H20N4O3S2. The number of aromatic nitrogens is 2. The predicted molar refractivity (Wildman–Crippen MR) is 118 cm³/mol. The number of hydrogen-bond donors (Lipinski definition) is 2. The molecule has 2 heterocycles. The molecule has 0 bridgehead atoms. The first kappa shape index (κ1) is 20.1. The fourth-order valence-corrected chi connectivity index (χ4v) is 5.31. The smallest absolute Gasteiger partial charge is 0.271 e. The van der Waals surface area contributed by atoms with Crippen LogP contribution in [0.15, 0.2) is 70.3 Å². The summed E-state index contributed by atoms with van der Waals surface area (Å²) in [5, 5.41) is 4.56. The molecule has 4 aromatic rings. The predicted octanol–water partition coefficient (Wildman–Crippen LogP) is 3.64. The van der Waals surface area contributed by atoms with Crippen LogP contribution in [-0.4, -0.2) is 30.4 Å². The highest BCUT2D eigenvalue weighted by Gasteiger charge is 2.19. The molecule has 0 aliphatic carbocycles. The van der Waals surface area contributed by atoms with Crippen LogP contribution in [0.5, 0.6) is 0 Å². The molecule has 2 N–H and O–H groups in total. The summed E-state index contributed by atoms with van der Waals surface area (Å²) in [6, 6.07) is 17.6. The van der Waals surface area contributed by atoms with E-state index in [0.717, 1.165) is 28.2 Å². The molecule has 0 saturated heterocycles. The van der Waals surface area contributed by atoms with Crippen molar-refractivity contribution in [3.8, 4) is 0 Å². The first-order valence-electron chi connectivity index (χ1n) is 9.31. The molecule has 7 nitrogen and oxygen atoms in total. The van der Waals surface area contributed by atoms with E-state index in [9.17, 15) is 13.2 Å². The number of amides is 1. The summed E-state index contributed by atoms with van der Waals surface area (Å²) in [7, 11) is -3.74. The molecule has 0 aliphatic rings. The van der Waals surface area contributed by atoms with Gasteiger partial charge in [0.05, 0.1) is 22.3 Å². The first-order valence-corrected chi connectivity index (χ1v) is 11.7. The Kier molecular flexibility index (Phi) is 5.56. The van der Waals surface area contributed by atoms with Gasteiger partial charge in [0.25, 0.3) is 15.9 Å². The Labute approximate surface area is 178 Å². The van der Waals surface area contributed by atoms with E-state index in [2.05, 4.69) is 15.0 Å². The summed E-state index contributed by atoms with van der Waals surface area (Å²) in [5.41, 5.74) is 2.43. The highest BCUT2D eigenvalue weighted by atomic mass is 32.2. The molecule has 0 radical (unpaired) electrons. The zero-order valence-electron chi connectivity index (χ0n) is 16.2. The molecule has 154 valence electrons. The Morgan fingerprint density at radius 2 is 1.83 bits per heavy atom. The van der Waals surface area contributed by atoms with Crippen LogP contribution >= 0.6 is 11.3 Å². The zero-order chi connectivity index (χ0) is 21.1. The fourth-order valence-electron chi connectivity index (χ4n) is 3.24. The van der Waals surface area contributed by atoms with Crippen LogP contribution < -0.4 is 10.0 Å². The molecule has 1 amide bonds. The SMILES string of the molecule is Cc1nc2ccccc2n1CCNC(=O)c1ccccc1NS(=O)(=O)c1cccs1. The topological polar surface area (TPSA) is 93.1 Å². The Bertz CT molecular complexity index is 1300. The van der Waals surface area contributed by atoms with Crippen molar-refractivity contribution in [1.29, 1.82) is 0 Å². The van der Waals surface area contributed by atoms with Gasteiger partial charge in [0.1, 0.15) is 10.0 Å². The van der Waals surface area contributed by atoms with Crippen LogP contribution in [0.3, 0.4) is 0 Å². The van der Waals surface area contributed by atoms with Gasteiger partial charge >= 0.3 is 0 Å². The van der Waals surface area contributed by atoms with Crippen molar-refractivity contribution < 1.29 is 13.2 Å². The maximum atomic E-state index is 12.7. The van der Waals surface area contributed by atoms with Gasteiger partial charge in [-0.2, -0.15) is 0 Å². The molecule has 0 atom stereocenters. The summed E-state index contributed by atoms with van der Waals surface area (Å²) in [5.74, 6) is 0.524. The molecular weight excluding hydrogens is 420 g/mol. The summed E-state index contributed by atoms with van der Waals surface area (Å²) in [6.45, 7) is 2.86. The molecule has 0 aliphatic heterocycles. The van der Waals surface area contributed by atoms with Crippen molar-refractivity contribution in [3.63, 3.8) is 0 Å². The number of anilines is 1. The lowest BCUT2D eigenvalue weighted by atomic mass is 10.1. The van der Waals surface area contributed by atoms with E-state index in [4.69, 9.17) is 0 Å². The number of hydrogen-bond acceptors (Lipinski definition) is 5. The van der Waals surface area contributed by atoms with Gasteiger partial charge in [0, 0.05) is 13.1 Å². The second-order valence-electron chi connectivity index (χ2n) is 6.64. The Balaban J connectivity index is 1.47. The van der Waals surface area contributed by atoms with E-state index in [1.807, 2.05) is 35.8 Å². The van der Waals surface area contributed by atoms with Gasteiger partial charge in [0.2, 0.25) is 0 Å². The Morgan fingerprint density at radius 3 is 2.63 bits per heavy atom. The van der Waals surface area contributed by atoms with Crippen molar-refractivity contribution in [2.45, 2.75) is 17.7 Å². The van der Waals surface area contributed by atoms with Crippen LogP contribution in [-0.2, 0) is 16.6 Å². The molecule has 0 spiro atoms. The maximum Gasteiger partial charge on any atom is 0.271 e. The van der Waals surface area contributed by atoms with Crippen molar-refractivity contribution in [2.75, 3.05) is 11.3 Å². The number of aryl methyl sites for hydroxylation is 1. The number of rotatable bonds is 7. The highest BCUT2D eigenvalue weighted by Crippen LogP contribution is 2.23. The quantitative estimate of drug-likeness (QED) is 0.459. The van der Waals surface area contributed by atoms with Gasteiger partial charge in [-0.15, -0.1) is 11.3 Å². The monoisotopic (exact) mass is 440 g/mol. The van der Waals surface area contributed by atoms with E-state index in [1.165, 1.54) is 6.07 Å². The van der Waals surface area contributed by atoms with Gasteiger partial charge in [-0.05, 0) is 42.6 Å². The molecule has 30 heavy (non-hydrogen) atoms. The largest absolute Gasteiger partial charge is 0.350 e. The summed E-state index contributed by atoms with van der Waals surface area (Å²) >= 11 is 1.12. The number of benzene rings is 2. The van der Waals surface area contributed by atoms with Crippen molar-refractivity contribution in [2.24, 2.45) is 0 Å². The number of imidazole rings is 1. The van der Waals surface area contributed by atoms with E-state index >= 15 is 0 Å². The van der Waals surface area contributed by atoms with Crippen LogP contribution in [0.1, 0.15) is 16.2 Å². The van der Waals surface area contributed by atoms with Gasteiger partial charge < -0.3 is 9.88 Å². The lowest BCUT2D eigenvalue weighted by Gasteiger charge is -2.13. The Morgan fingerprint density at radius 1 is 1.07 bits per heavy atom. The normalized spacial score (nSPS) is 11.5. The minimum absolute atomic E-state index is 0.195. The van der Waals surface area contributed by atoms with Gasteiger partial charge in [-0.1, -0.05) is 30.3 Å². The standard InChI is InChI=1S/C21H20N4O3S2/c1-15-23-18-9-4-5-10-19(18)25(15)13-12-22-21(26)16-7-2-3-8-17(16)24-30(27,28)20-11-6-14-29-20/h2-11,14,24H,12-13H2,1H3,(H,22,26). The van der Waals surface area contributed by atoms with Gasteiger partial charge in [0.15, 0.2) is 0 Å². The minimum atomic E-state index is -3.74. The number of sulfonamides is 1. The molecule has 4 rings (SSSR count). The van der Waals surface area contributed by atoms with Crippen LogP contribution in [0.2, 0.25) is 0 Å². The number of thiophene rings is 1. The number of nitrogens with zero attached hydrogens (tertiary/aromatic N) is 2. The van der Waals surface area contributed by atoms with E-state index < -0.39 is 10.0 Å². The van der Waals surface area contributed by atoms with Crippen molar-refractivity contribution in [1.82, 2.24) is 14.9 Å². The highest BCUT2D eigenvalue weighted by molar-refractivity contribution is 7.94. The van der Waals surface area contributed by atoms with Gasteiger partial charge in [-0.25, -0.2) is 13.4 Å². The molecule has 0 unspecified atom stereocenters. The third kappa shape index (κ3) is 4.07. The van der Waals surface area contributed by atoms with Crippen LogP contribution in [0.4, 0.5) is 5.69 Å². The average molecular weight is 441 g/mol. The Hall–Kier alpha value is -3.17. The molecule has 2 aromatic heterocycles. The summed E-state index contributed by atoms with van der Waals surface area (Å²) in [6.07, 6.45) is 0. The number of fused-ring (bicyclic) bond motifs is 1. The molecule has 0 saturated carbocycles. The summed E-state index contributed by atoms with van der Waals surface area (Å²) in [4.78, 5) is 17.3. The summed E-state index contributed by atoms with van der Waals surface area (Å²) < 4.78 is 29.8. The zero-order valence-corrected chi connectivity index (χ0v) is 17.8. The lowest BCUT2D eigenvalue weighted by Crippen LogP contribution is -2.28. The van der Waals surface area contributed by atoms with Crippen molar-refractivity contribution in [3.05, 3.63) is 77.4 Å². The van der Waals surface area contributed by atoms with Crippen LogP contribution in [0.25, 0.3) is 11.0 Å². The number of nitrogens with one attached hydrogen (secondary N) is 2. The number of carbonyl (C=O) groups is 1. The fraction of sp³-hybridized carbons (Fsp3) is 0.143. The van der Waals surface area contributed by atoms with E-state index in [1.54, 1.807) is 35.7 Å². The average Bonchev–Trinajstić information content (AvgIpc) is 3.37. The van der Waals surface area contributed by atoms with E-state index in [-0.39, 0.29) is 21.4 Å². The van der Waals surface area contributed by atoms with Crippen molar-refractivity contribution >= 4 is 44.0 Å².